The van der Waals surface area contributed by atoms with Crippen LogP contribution in [0.5, 0.6) is 5.75 Å². The number of aromatic hydroxyl groups is 1. The predicted octanol–water partition coefficient (Wildman–Crippen LogP) is 4.83. The molecule has 174 valence electrons. The summed E-state index contributed by atoms with van der Waals surface area (Å²) >= 11 is 0. The zero-order valence-corrected chi connectivity index (χ0v) is 19.4. The minimum atomic E-state index is -0.0561. The minimum absolute atomic E-state index is 0.0150. The molecule has 0 aromatic heterocycles. The summed E-state index contributed by atoms with van der Waals surface area (Å²) in [5.74, 6) is 0.211. The van der Waals surface area contributed by atoms with Gasteiger partial charge in [0.1, 0.15) is 5.75 Å². The van der Waals surface area contributed by atoms with Crippen LogP contribution in [0, 0.1) is 6.92 Å². The molecule has 1 saturated heterocycles. The highest BCUT2D eigenvalue weighted by Gasteiger charge is 2.23. The molecule has 1 aromatic rings. The van der Waals surface area contributed by atoms with Gasteiger partial charge in [0, 0.05) is 19.0 Å². The molecular weight excluding hydrogens is 404 g/mol. The van der Waals surface area contributed by atoms with Crippen LogP contribution in [0.1, 0.15) is 62.1 Å². The second-order valence-electron chi connectivity index (χ2n) is 8.66. The number of carbonyl (C=O) groups is 1. The zero-order valence-electron chi connectivity index (χ0n) is 19.4. The fraction of sp³-hybridized carbons (Fsp3) is 0.538. The first-order chi connectivity index (χ1) is 15.5. The number of carbonyl (C=O) groups excluding carboxylic acids is 1. The molecular formula is C26H36N2O4. The highest BCUT2D eigenvalue weighted by atomic mass is 16.6. The fourth-order valence-corrected chi connectivity index (χ4v) is 4.25. The number of piperidine rings is 1. The molecule has 1 N–H and O–H groups in total. The lowest BCUT2D eigenvalue weighted by Gasteiger charge is -2.32. The Kier molecular flexibility index (Phi) is 9.35. The molecule has 2 aliphatic rings. The van der Waals surface area contributed by atoms with Crippen molar-refractivity contribution in [3.8, 4) is 5.75 Å². The normalized spacial score (nSPS) is 23.8. The monoisotopic (exact) mass is 440 g/mol. The Hall–Kier alpha value is -2.60. The number of amides is 1. The van der Waals surface area contributed by atoms with Crippen molar-refractivity contribution in [2.24, 2.45) is 5.16 Å². The zero-order chi connectivity index (χ0) is 22.8. The van der Waals surface area contributed by atoms with Crippen molar-refractivity contribution in [2.75, 3.05) is 19.8 Å². The lowest BCUT2D eigenvalue weighted by molar-refractivity contribution is -0.139. The second kappa shape index (κ2) is 12.4. The molecule has 1 amide bonds. The van der Waals surface area contributed by atoms with Crippen LogP contribution >= 0.6 is 0 Å². The number of phenolic OH excluding ortho intramolecular Hbond substituents is 1. The number of rotatable bonds is 3. The number of nitrogens with zero attached hydrogens (tertiary/aromatic N) is 2. The van der Waals surface area contributed by atoms with Crippen LogP contribution in [0.4, 0.5) is 0 Å². The van der Waals surface area contributed by atoms with Gasteiger partial charge in [0.25, 0.3) is 5.91 Å². The number of allylic oxidation sites excluding steroid dienone is 3. The molecule has 1 atom stereocenters. The summed E-state index contributed by atoms with van der Waals surface area (Å²) in [6, 6.07) is 3.78. The van der Waals surface area contributed by atoms with Gasteiger partial charge in [-0.15, -0.1) is 0 Å². The number of oxime groups is 1. The van der Waals surface area contributed by atoms with Gasteiger partial charge in [-0.2, -0.15) is 0 Å². The van der Waals surface area contributed by atoms with Gasteiger partial charge in [-0.3, -0.25) is 4.79 Å². The molecule has 1 aromatic carbocycles. The van der Waals surface area contributed by atoms with Gasteiger partial charge < -0.3 is 19.6 Å². The van der Waals surface area contributed by atoms with Crippen LogP contribution < -0.4 is 0 Å². The molecule has 2 aliphatic heterocycles. The van der Waals surface area contributed by atoms with Crippen LogP contribution in [0.3, 0.4) is 0 Å². The van der Waals surface area contributed by atoms with Gasteiger partial charge in [0.2, 0.25) is 0 Å². The van der Waals surface area contributed by atoms with Crippen molar-refractivity contribution >= 4 is 11.6 Å². The summed E-state index contributed by atoms with van der Waals surface area (Å²) in [7, 11) is 0. The molecule has 32 heavy (non-hydrogen) atoms. The van der Waals surface area contributed by atoms with Crippen LogP contribution in [0.2, 0.25) is 0 Å². The molecule has 0 radical (unpaired) electrons. The van der Waals surface area contributed by atoms with E-state index >= 15 is 0 Å². The molecule has 3 rings (SSSR count). The topological polar surface area (TPSA) is 71.4 Å². The Morgan fingerprint density at radius 1 is 1.22 bits per heavy atom. The summed E-state index contributed by atoms with van der Waals surface area (Å²) < 4.78 is 5.88. The van der Waals surface area contributed by atoms with E-state index in [1.54, 1.807) is 12.1 Å². The van der Waals surface area contributed by atoms with Crippen molar-refractivity contribution in [3.05, 3.63) is 53.1 Å². The lowest BCUT2D eigenvalue weighted by atomic mass is 9.97. The van der Waals surface area contributed by atoms with Crippen molar-refractivity contribution in [2.45, 2.75) is 71.4 Å². The van der Waals surface area contributed by atoms with E-state index in [1.165, 1.54) is 6.42 Å². The van der Waals surface area contributed by atoms with E-state index in [0.717, 1.165) is 61.1 Å². The van der Waals surface area contributed by atoms with Gasteiger partial charge in [-0.05, 0) is 87.3 Å². The number of benzene rings is 1. The van der Waals surface area contributed by atoms with Crippen molar-refractivity contribution in [1.29, 1.82) is 0 Å². The van der Waals surface area contributed by atoms with Gasteiger partial charge in [0.05, 0.1) is 18.9 Å². The van der Waals surface area contributed by atoms with Gasteiger partial charge in [-0.25, -0.2) is 0 Å². The maximum absolute atomic E-state index is 12.6. The van der Waals surface area contributed by atoms with E-state index in [4.69, 9.17) is 9.57 Å². The first-order valence-corrected chi connectivity index (χ1v) is 11.7. The summed E-state index contributed by atoms with van der Waals surface area (Å²) in [6.07, 6.45) is 14.8. The third kappa shape index (κ3) is 7.23. The van der Waals surface area contributed by atoms with E-state index in [-0.39, 0.29) is 24.3 Å². The fourth-order valence-electron chi connectivity index (χ4n) is 4.25. The SMILES string of the molecule is Cc1cc(O)cc2c1COCC/C=C/CC/C=C/C(=N/OCC(=O)N1CCCCC1C)C2. The van der Waals surface area contributed by atoms with E-state index < -0.39 is 0 Å². The summed E-state index contributed by atoms with van der Waals surface area (Å²) in [6.45, 7) is 5.95. The average molecular weight is 441 g/mol. The van der Waals surface area contributed by atoms with E-state index in [0.29, 0.717) is 19.6 Å². The number of ether oxygens (including phenoxy) is 1. The molecule has 2 heterocycles. The van der Waals surface area contributed by atoms with Crippen LogP contribution in [-0.2, 0) is 27.4 Å². The molecule has 6 heteroatoms. The number of fused-ring (bicyclic) bond motifs is 1. The van der Waals surface area contributed by atoms with E-state index in [2.05, 4.69) is 30.3 Å². The summed E-state index contributed by atoms with van der Waals surface area (Å²) in [4.78, 5) is 20.0. The number of hydrogen-bond donors (Lipinski definition) is 1. The predicted molar refractivity (Wildman–Crippen MR) is 127 cm³/mol. The van der Waals surface area contributed by atoms with Crippen LogP contribution in [0.15, 0.2) is 41.6 Å². The quantitative estimate of drug-likeness (QED) is 0.540. The molecule has 1 fully saturated rings. The first-order valence-electron chi connectivity index (χ1n) is 11.7. The molecule has 0 spiro atoms. The minimum Gasteiger partial charge on any atom is -0.508 e. The number of hydrogen-bond acceptors (Lipinski definition) is 5. The van der Waals surface area contributed by atoms with Gasteiger partial charge >= 0.3 is 0 Å². The Bertz CT molecular complexity index is 860. The third-order valence-corrected chi connectivity index (χ3v) is 6.07. The maximum atomic E-state index is 12.6. The van der Waals surface area contributed by atoms with Gasteiger partial charge in [-0.1, -0.05) is 23.4 Å². The molecule has 6 nitrogen and oxygen atoms in total. The Morgan fingerprint density at radius 2 is 2.03 bits per heavy atom. The highest BCUT2D eigenvalue weighted by Crippen LogP contribution is 2.24. The van der Waals surface area contributed by atoms with Crippen molar-refractivity contribution < 1.29 is 19.5 Å². The van der Waals surface area contributed by atoms with E-state index in [1.807, 2.05) is 17.9 Å². The first kappa shape index (κ1) is 24.1. The van der Waals surface area contributed by atoms with Crippen molar-refractivity contribution in [3.63, 3.8) is 0 Å². The number of phenols is 1. The highest BCUT2D eigenvalue weighted by molar-refractivity contribution is 5.96. The molecule has 0 saturated carbocycles. The summed E-state index contributed by atoms with van der Waals surface area (Å²) in [5.41, 5.74) is 3.72. The van der Waals surface area contributed by atoms with Crippen LogP contribution in [0.25, 0.3) is 0 Å². The summed E-state index contributed by atoms with van der Waals surface area (Å²) in [5, 5.41) is 14.5. The number of likely N-dealkylation sites (tertiary alicyclic amines) is 1. The van der Waals surface area contributed by atoms with Gasteiger partial charge in [0.15, 0.2) is 6.61 Å². The average Bonchev–Trinajstić information content (AvgIpc) is 2.76. The largest absolute Gasteiger partial charge is 0.508 e. The number of aryl methyl sites for hydroxylation is 1. The molecule has 0 aliphatic carbocycles. The Labute approximate surface area is 191 Å². The van der Waals surface area contributed by atoms with E-state index in [9.17, 15) is 9.90 Å². The van der Waals surface area contributed by atoms with Crippen molar-refractivity contribution in [1.82, 2.24) is 4.90 Å². The molecule has 1 unspecified atom stereocenters. The smallest absolute Gasteiger partial charge is 0.263 e. The lowest BCUT2D eigenvalue weighted by Crippen LogP contribution is -2.43. The maximum Gasteiger partial charge on any atom is 0.263 e. The Balaban J connectivity index is 1.75. The Morgan fingerprint density at radius 3 is 2.88 bits per heavy atom. The third-order valence-electron chi connectivity index (χ3n) is 6.07. The standard InChI is InChI=1S/C26H36N2O4/c1-20-15-24(29)17-22-16-23(12-7-5-3-4-6-10-14-31-18-25(20)22)27-32-19-26(30)28-13-9-8-11-21(28)2/h4,6-7,12,15,17,21,29H,3,5,8-11,13-14,16,18-19H2,1-2H3/b6-4+,12-7+,27-23-. The van der Waals surface area contributed by atoms with Crippen LogP contribution in [-0.4, -0.2) is 47.4 Å². The second-order valence-corrected chi connectivity index (χ2v) is 8.66. The molecule has 0 bridgehead atoms.